The second-order valence-electron chi connectivity index (χ2n) is 8.26. The summed E-state index contributed by atoms with van der Waals surface area (Å²) >= 11 is 1.89. The third-order valence-electron chi connectivity index (χ3n) is 6.55. The maximum absolute atomic E-state index is 12.8. The molecule has 0 aromatic carbocycles. The normalized spacial score (nSPS) is 30.0. The first-order chi connectivity index (χ1) is 13.7. The molecule has 3 fully saturated rings. The summed E-state index contributed by atoms with van der Waals surface area (Å²) in [5.74, 6) is 2.28. The lowest BCUT2D eigenvalue weighted by Gasteiger charge is -2.56. The van der Waals surface area contributed by atoms with Crippen LogP contribution >= 0.6 is 11.8 Å². The van der Waals surface area contributed by atoms with Crippen LogP contribution in [-0.4, -0.2) is 76.9 Å². The molecule has 0 aliphatic carbocycles. The van der Waals surface area contributed by atoms with Crippen molar-refractivity contribution in [3.63, 3.8) is 0 Å². The molecule has 28 heavy (non-hydrogen) atoms. The summed E-state index contributed by atoms with van der Waals surface area (Å²) < 4.78 is 0. The zero-order chi connectivity index (χ0) is 19.5. The van der Waals surface area contributed by atoms with Crippen molar-refractivity contribution in [3.05, 3.63) is 30.1 Å². The Morgan fingerprint density at radius 2 is 2.18 bits per heavy atom. The molecule has 3 aliphatic heterocycles. The minimum atomic E-state index is -0.154. The molecular weight excluding hydrogens is 372 g/mol. The molecule has 2 amide bonds. The summed E-state index contributed by atoms with van der Waals surface area (Å²) in [7, 11) is 0. The molecule has 6 nitrogen and oxygen atoms in total. The molecule has 4 heterocycles. The van der Waals surface area contributed by atoms with Crippen LogP contribution in [0.2, 0.25) is 0 Å². The molecule has 0 spiro atoms. The monoisotopic (exact) mass is 402 g/mol. The molecule has 1 aromatic rings. The number of aromatic nitrogens is 1. The van der Waals surface area contributed by atoms with Crippen LogP contribution in [0.3, 0.4) is 0 Å². The summed E-state index contributed by atoms with van der Waals surface area (Å²) in [5.41, 5.74) is 0.433. The third kappa shape index (κ3) is 4.06. The predicted molar refractivity (Wildman–Crippen MR) is 111 cm³/mol. The number of likely N-dealkylation sites (tertiary alicyclic amines) is 1. The molecule has 0 radical (unpaired) electrons. The Labute approximate surface area is 171 Å². The van der Waals surface area contributed by atoms with Crippen molar-refractivity contribution in [1.29, 1.82) is 0 Å². The minimum absolute atomic E-state index is 0.0961. The van der Waals surface area contributed by atoms with Crippen LogP contribution in [0.25, 0.3) is 0 Å². The van der Waals surface area contributed by atoms with E-state index in [0.717, 1.165) is 38.2 Å². The lowest BCUT2D eigenvalue weighted by Crippen LogP contribution is -2.67. The number of carbonyl (C=O) groups excluding carboxylic acids is 2. The Hall–Kier alpha value is -1.60. The van der Waals surface area contributed by atoms with Crippen molar-refractivity contribution in [2.75, 3.05) is 38.2 Å². The van der Waals surface area contributed by atoms with Crippen molar-refractivity contribution in [2.45, 2.75) is 37.8 Å². The van der Waals surface area contributed by atoms with Gasteiger partial charge in [0.25, 0.3) is 5.91 Å². The molecule has 3 aliphatic rings. The highest BCUT2D eigenvalue weighted by Gasteiger charge is 2.49. The maximum Gasteiger partial charge on any atom is 0.269 e. The molecule has 1 aromatic heterocycles. The van der Waals surface area contributed by atoms with E-state index in [-0.39, 0.29) is 17.9 Å². The van der Waals surface area contributed by atoms with Crippen molar-refractivity contribution < 1.29 is 9.59 Å². The van der Waals surface area contributed by atoms with E-state index in [1.54, 1.807) is 18.3 Å². The number of hydrogen-bond acceptors (Lipinski definition) is 5. The highest BCUT2D eigenvalue weighted by atomic mass is 32.2. The molecule has 2 bridgehead atoms. The predicted octanol–water partition coefficient (Wildman–Crippen LogP) is 1.88. The number of amides is 2. The van der Waals surface area contributed by atoms with Gasteiger partial charge in [-0.2, -0.15) is 11.8 Å². The highest BCUT2D eigenvalue weighted by molar-refractivity contribution is 7.98. The van der Waals surface area contributed by atoms with Crippen molar-refractivity contribution in [3.8, 4) is 0 Å². The number of hydrogen-bond donors (Lipinski definition) is 1. The summed E-state index contributed by atoms with van der Waals surface area (Å²) in [5, 5.41) is 3.07. The van der Waals surface area contributed by atoms with Crippen molar-refractivity contribution >= 4 is 23.6 Å². The van der Waals surface area contributed by atoms with Crippen LogP contribution in [-0.2, 0) is 4.79 Å². The van der Waals surface area contributed by atoms with Gasteiger partial charge in [-0.3, -0.25) is 14.6 Å². The Balaban J connectivity index is 1.49. The van der Waals surface area contributed by atoms with E-state index in [1.165, 1.54) is 6.42 Å². The SMILES string of the molecule is CSCCN1C[C@H]2C[C@@H](C1)[C@H](CNC(=O)c1ccccn1)N1C(=O)CCC[C@@H]21. The standard InChI is InChI=1S/C21H30N4O2S/c1-28-10-9-24-13-15-11-16(14-24)19(25-18(15)6-4-7-20(25)26)12-23-21(27)17-5-2-3-8-22-17/h2-3,5,8,15-16,18-19H,4,6-7,9-14H2,1H3,(H,23,27)/t15-,16+,18+,19+/m1/s1. The maximum atomic E-state index is 12.8. The van der Waals surface area contributed by atoms with Crippen molar-refractivity contribution in [1.82, 2.24) is 20.1 Å². The topological polar surface area (TPSA) is 65.5 Å². The van der Waals surface area contributed by atoms with Crippen LogP contribution in [0.5, 0.6) is 0 Å². The molecule has 152 valence electrons. The van der Waals surface area contributed by atoms with Crippen LogP contribution < -0.4 is 5.32 Å². The Morgan fingerprint density at radius 1 is 1.32 bits per heavy atom. The van der Waals surface area contributed by atoms with Crippen molar-refractivity contribution in [2.24, 2.45) is 11.8 Å². The molecule has 4 atom stereocenters. The van der Waals surface area contributed by atoms with Gasteiger partial charge >= 0.3 is 0 Å². The lowest BCUT2D eigenvalue weighted by molar-refractivity contribution is -0.152. The molecule has 0 saturated carbocycles. The largest absolute Gasteiger partial charge is 0.349 e. The molecule has 3 saturated heterocycles. The number of thioether (sulfide) groups is 1. The third-order valence-corrected chi connectivity index (χ3v) is 7.14. The molecule has 0 unspecified atom stereocenters. The van der Waals surface area contributed by atoms with Gasteiger partial charge in [0.2, 0.25) is 5.91 Å². The van der Waals surface area contributed by atoms with E-state index in [4.69, 9.17) is 0 Å². The van der Waals surface area contributed by atoms with Gasteiger partial charge in [0.15, 0.2) is 0 Å². The highest BCUT2D eigenvalue weighted by Crippen LogP contribution is 2.41. The number of nitrogens with zero attached hydrogens (tertiary/aromatic N) is 3. The van der Waals surface area contributed by atoms with Crippen LogP contribution in [0.4, 0.5) is 0 Å². The second-order valence-corrected chi connectivity index (χ2v) is 9.25. The first kappa shape index (κ1) is 19.7. The van der Waals surface area contributed by atoms with Gasteiger partial charge in [-0.25, -0.2) is 0 Å². The second kappa shape index (κ2) is 8.82. The average Bonchev–Trinajstić information content (AvgIpc) is 2.73. The average molecular weight is 403 g/mol. The van der Waals surface area contributed by atoms with Gasteiger partial charge in [0.05, 0.1) is 6.04 Å². The Bertz CT molecular complexity index is 701. The van der Waals surface area contributed by atoms with E-state index in [9.17, 15) is 9.59 Å². The number of fused-ring (bicyclic) bond motifs is 4. The number of piperidine rings is 3. The summed E-state index contributed by atoms with van der Waals surface area (Å²) in [6, 6.07) is 5.79. The summed E-state index contributed by atoms with van der Waals surface area (Å²) in [6.45, 7) is 3.77. The number of nitrogens with one attached hydrogen (secondary N) is 1. The summed E-state index contributed by atoms with van der Waals surface area (Å²) in [4.78, 5) is 34.2. The molecular formula is C21H30N4O2S. The smallest absolute Gasteiger partial charge is 0.269 e. The number of rotatable bonds is 6. The van der Waals surface area contributed by atoms with Gasteiger partial charge in [-0.15, -0.1) is 0 Å². The summed E-state index contributed by atoms with van der Waals surface area (Å²) in [6.07, 6.45) is 7.71. The first-order valence-corrected chi connectivity index (χ1v) is 11.8. The first-order valence-electron chi connectivity index (χ1n) is 10.4. The van der Waals surface area contributed by atoms with Gasteiger partial charge < -0.3 is 15.1 Å². The quantitative estimate of drug-likeness (QED) is 0.787. The van der Waals surface area contributed by atoms with Crippen LogP contribution in [0.15, 0.2) is 24.4 Å². The minimum Gasteiger partial charge on any atom is -0.349 e. The van der Waals surface area contributed by atoms with E-state index < -0.39 is 0 Å². The van der Waals surface area contributed by atoms with Gasteiger partial charge in [-0.05, 0) is 49.5 Å². The Kier molecular flexibility index (Phi) is 6.21. The molecule has 1 N–H and O–H groups in total. The van der Waals surface area contributed by atoms with Gasteiger partial charge in [-0.1, -0.05) is 6.07 Å². The lowest BCUT2D eigenvalue weighted by atomic mass is 9.72. The van der Waals surface area contributed by atoms with E-state index in [1.807, 2.05) is 17.8 Å². The number of carbonyl (C=O) groups is 2. The van der Waals surface area contributed by atoms with E-state index in [2.05, 4.69) is 26.4 Å². The molecule has 4 rings (SSSR count). The zero-order valence-electron chi connectivity index (χ0n) is 16.5. The van der Waals surface area contributed by atoms with E-state index in [0.29, 0.717) is 36.5 Å². The fourth-order valence-corrected chi connectivity index (χ4v) is 5.76. The van der Waals surface area contributed by atoms with Gasteiger partial charge in [0.1, 0.15) is 5.69 Å². The Morgan fingerprint density at radius 3 is 2.96 bits per heavy atom. The van der Waals surface area contributed by atoms with Gasteiger partial charge in [0, 0.05) is 50.6 Å². The van der Waals surface area contributed by atoms with E-state index >= 15 is 0 Å². The van der Waals surface area contributed by atoms with Crippen LogP contribution in [0.1, 0.15) is 36.2 Å². The fraction of sp³-hybridized carbons (Fsp3) is 0.667. The number of pyridine rings is 1. The molecule has 7 heteroatoms. The zero-order valence-corrected chi connectivity index (χ0v) is 17.4. The van der Waals surface area contributed by atoms with Crippen LogP contribution in [0, 0.1) is 11.8 Å². The fourth-order valence-electron chi connectivity index (χ4n) is 5.32.